The van der Waals surface area contributed by atoms with E-state index in [0.717, 1.165) is 22.9 Å². The van der Waals surface area contributed by atoms with Gasteiger partial charge in [0.15, 0.2) is 4.77 Å². The predicted molar refractivity (Wildman–Crippen MR) is 52.9 cm³/mol. The first-order chi connectivity index (χ1) is 6.31. The van der Waals surface area contributed by atoms with Crippen LogP contribution in [0, 0.1) is 10.7 Å². The number of imidazole rings is 1. The summed E-state index contributed by atoms with van der Waals surface area (Å²) in [6.07, 6.45) is 5.72. The normalized spacial score (nSPS) is 16.4. The monoisotopic (exact) mass is 198 g/mol. The van der Waals surface area contributed by atoms with Crippen LogP contribution in [-0.4, -0.2) is 14.7 Å². The van der Waals surface area contributed by atoms with Crippen LogP contribution in [0.3, 0.4) is 0 Å². The second-order valence-corrected chi connectivity index (χ2v) is 4.01. The lowest BCUT2D eigenvalue weighted by atomic mass is 10.3. The Morgan fingerprint density at radius 3 is 3.00 bits per heavy atom. The van der Waals surface area contributed by atoms with Gasteiger partial charge in [0.05, 0.1) is 12.3 Å². The Labute approximate surface area is 82.4 Å². The fourth-order valence-corrected chi connectivity index (χ4v) is 1.79. The molecule has 1 aliphatic carbocycles. The maximum atomic E-state index is 9.03. The standard InChI is InChI=1S/C9H14N2OS/c12-6-8-5-10-9(13)11(8)4-3-7-1-2-7/h5,7,12H,1-4,6H2,(H,10,13). The molecule has 3 nitrogen and oxygen atoms in total. The Kier molecular flexibility index (Phi) is 2.51. The highest BCUT2D eigenvalue weighted by Crippen LogP contribution is 2.32. The van der Waals surface area contributed by atoms with Gasteiger partial charge in [0.2, 0.25) is 0 Å². The van der Waals surface area contributed by atoms with Crippen molar-refractivity contribution in [3.63, 3.8) is 0 Å². The van der Waals surface area contributed by atoms with Gasteiger partial charge in [-0.05, 0) is 24.6 Å². The zero-order chi connectivity index (χ0) is 9.26. The molecule has 0 unspecified atom stereocenters. The summed E-state index contributed by atoms with van der Waals surface area (Å²) in [5.74, 6) is 0.906. The lowest BCUT2D eigenvalue weighted by Gasteiger charge is -2.04. The maximum Gasteiger partial charge on any atom is 0.177 e. The van der Waals surface area contributed by atoms with Crippen LogP contribution in [-0.2, 0) is 13.2 Å². The number of nitrogens with one attached hydrogen (secondary N) is 1. The van der Waals surface area contributed by atoms with Crippen LogP contribution in [0.5, 0.6) is 0 Å². The highest BCUT2D eigenvalue weighted by Gasteiger charge is 2.21. The van der Waals surface area contributed by atoms with E-state index in [1.807, 2.05) is 4.57 Å². The third-order valence-electron chi connectivity index (χ3n) is 2.57. The van der Waals surface area contributed by atoms with Gasteiger partial charge in [0, 0.05) is 12.7 Å². The van der Waals surface area contributed by atoms with Gasteiger partial charge in [-0.3, -0.25) is 0 Å². The summed E-state index contributed by atoms with van der Waals surface area (Å²) in [4.78, 5) is 2.95. The van der Waals surface area contributed by atoms with Gasteiger partial charge < -0.3 is 14.7 Å². The maximum absolute atomic E-state index is 9.03. The molecule has 4 heteroatoms. The number of aliphatic hydroxyl groups is 1. The third kappa shape index (κ3) is 2.00. The van der Waals surface area contributed by atoms with E-state index in [-0.39, 0.29) is 6.61 Å². The summed E-state index contributed by atoms with van der Waals surface area (Å²) in [7, 11) is 0. The zero-order valence-corrected chi connectivity index (χ0v) is 8.31. The van der Waals surface area contributed by atoms with E-state index in [2.05, 4.69) is 4.98 Å². The molecule has 1 fully saturated rings. The number of aliphatic hydroxyl groups excluding tert-OH is 1. The fraction of sp³-hybridized carbons (Fsp3) is 0.667. The summed E-state index contributed by atoms with van der Waals surface area (Å²) in [6, 6.07) is 0. The molecule has 1 heterocycles. The van der Waals surface area contributed by atoms with Crippen molar-refractivity contribution >= 4 is 12.2 Å². The molecular weight excluding hydrogens is 184 g/mol. The predicted octanol–water partition coefficient (Wildman–Crippen LogP) is 1.84. The summed E-state index contributed by atoms with van der Waals surface area (Å²) in [5, 5.41) is 9.03. The number of nitrogens with zero attached hydrogens (tertiary/aromatic N) is 1. The van der Waals surface area contributed by atoms with Crippen LogP contribution in [0.15, 0.2) is 6.20 Å². The molecule has 2 rings (SSSR count). The van der Waals surface area contributed by atoms with Crippen molar-refractivity contribution in [1.82, 2.24) is 9.55 Å². The Balaban J connectivity index is 2.06. The molecule has 1 aliphatic rings. The molecule has 0 spiro atoms. The van der Waals surface area contributed by atoms with Gasteiger partial charge in [-0.15, -0.1) is 0 Å². The SMILES string of the molecule is OCc1c[nH]c(=S)n1CCC1CC1. The molecule has 2 N–H and O–H groups in total. The highest BCUT2D eigenvalue weighted by molar-refractivity contribution is 7.71. The van der Waals surface area contributed by atoms with Crippen LogP contribution < -0.4 is 0 Å². The van der Waals surface area contributed by atoms with E-state index in [9.17, 15) is 0 Å². The minimum absolute atomic E-state index is 0.0673. The van der Waals surface area contributed by atoms with Crippen LogP contribution in [0.4, 0.5) is 0 Å². The highest BCUT2D eigenvalue weighted by atomic mass is 32.1. The number of aromatic nitrogens is 2. The van der Waals surface area contributed by atoms with E-state index >= 15 is 0 Å². The van der Waals surface area contributed by atoms with Crippen molar-refractivity contribution in [2.24, 2.45) is 5.92 Å². The first-order valence-electron chi connectivity index (χ1n) is 4.69. The zero-order valence-electron chi connectivity index (χ0n) is 7.49. The number of hydrogen-bond donors (Lipinski definition) is 2. The Bertz CT molecular complexity index is 338. The van der Waals surface area contributed by atoms with E-state index in [4.69, 9.17) is 17.3 Å². The molecule has 1 aromatic heterocycles. The topological polar surface area (TPSA) is 40.9 Å². The van der Waals surface area contributed by atoms with Crippen molar-refractivity contribution in [2.75, 3.05) is 0 Å². The second kappa shape index (κ2) is 3.64. The number of aromatic amines is 1. The summed E-state index contributed by atoms with van der Waals surface area (Å²) >= 11 is 5.11. The van der Waals surface area contributed by atoms with Crippen LogP contribution in [0.1, 0.15) is 25.0 Å². The molecule has 13 heavy (non-hydrogen) atoms. The molecule has 0 aromatic carbocycles. The van der Waals surface area contributed by atoms with Gasteiger partial charge in [-0.2, -0.15) is 0 Å². The molecule has 0 atom stereocenters. The smallest absolute Gasteiger partial charge is 0.177 e. The molecule has 0 saturated heterocycles. The van der Waals surface area contributed by atoms with Crippen LogP contribution in [0.2, 0.25) is 0 Å². The number of rotatable bonds is 4. The van der Waals surface area contributed by atoms with Crippen LogP contribution in [0.25, 0.3) is 0 Å². The van der Waals surface area contributed by atoms with E-state index in [1.54, 1.807) is 6.20 Å². The van der Waals surface area contributed by atoms with Gasteiger partial charge in [0.1, 0.15) is 0 Å². The van der Waals surface area contributed by atoms with E-state index in [1.165, 1.54) is 19.3 Å². The minimum atomic E-state index is 0.0673. The first-order valence-corrected chi connectivity index (χ1v) is 5.10. The molecule has 0 bridgehead atoms. The second-order valence-electron chi connectivity index (χ2n) is 3.63. The van der Waals surface area contributed by atoms with Gasteiger partial charge >= 0.3 is 0 Å². The van der Waals surface area contributed by atoms with Gasteiger partial charge in [0.25, 0.3) is 0 Å². The molecule has 1 aromatic rings. The molecule has 0 radical (unpaired) electrons. The number of H-pyrrole nitrogens is 1. The molecule has 0 amide bonds. The van der Waals surface area contributed by atoms with Crippen molar-refractivity contribution in [1.29, 1.82) is 0 Å². The quantitative estimate of drug-likeness (QED) is 0.725. The largest absolute Gasteiger partial charge is 0.390 e. The van der Waals surface area contributed by atoms with Crippen molar-refractivity contribution in [2.45, 2.75) is 32.4 Å². The molecular formula is C9H14N2OS. The molecule has 0 aliphatic heterocycles. The summed E-state index contributed by atoms with van der Waals surface area (Å²) in [6.45, 7) is 1.01. The third-order valence-corrected chi connectivity index (χ3v) is 2.91. The summed E-state index contributed by atoms with van der Waals surface area (Å²) in [5.41, 5.74) is 0.894. The number of hydrogen-bond acceptors (Lipinski definition) is 2. The summed E-state index contributed by atoms with van der Waals surface area (Å²) < 4.78 is 2.72. The molecule has 1 saturated carbocycles. The molecule has 72 valence electrons. The average Bonchev–Trinajstić information content (AvgIpc) is 2.88. The first kappa shape index (κ1) is 8.97. The van der Waals surface area contributed by atoms with E-state index < -0.39 is 0 Å². The van der Waals surface area contributed by atoms with Crippen molar-refractivity contribution in [3.8, 4) is 0 Å². The van der Waals surface area contributed by atoms with Crippen molar-refractivity contribution in [3.05, 3.63) is 16.7 Å². The average molecular weight is 198 g/mol. The van der Waals surface area contributed by atoms with Gasteiger partial charge in [-0.25, -0.2) is 0 Å². The Hall–Kier alpha value is -0.610. The Morgan fingerprint density at radius 1 is 1.62 bits per heavy atom. The van der Waals surface area contributed by atoms with E-state index in [0.29, 0.717) is 0 Å². The van der Waals surface area contributed by atoms with Gasteiger partial charge in [-0.1, -0.05) is 12.8 Å². The fourth-order valence-electron chi connectivity index (χ4n) is 1.53. The minimum Gasteiger partial charge on any atom is -0.390 e. The Morgan fingerprint density at radius 2 is 2.38 bits per heavy atom. The van der Waals surface area contributed by atoms with Crippen molar-refractivity contribution < 1.29 is 5.11 Å². The van der Waals surface area contributed by atoms with Crippen LogP contribution >= 0.6 is 12.2 Å². The lowest BCUT2D eigenvalue weighted by molar-refractivity contribution is 0.269. The lowest BCUT2D eigenvalue weighted by Crippen LogP contribution is -2.03.